The number of pyridine rings is 2. The minimum Gasteiger partial charge on any atom is -0.271 e. The number of nitrogens with two attached hydrogens (primary N) is 1. The molecule has 0 radical (unpaired) electrons. The lowest BCUT2D eigenvalue weighted by Crippen LogP contribution is -2.30. The molecule has 0 aliphatic rings. The number of hydrogen-bond acceptors (Lipinski definition) is 4. The van der Waals surface area contributed by atoms with Crippen molar-refractivity contribution in [3.63, 3.8) is 0 Å². The number of nitrogens with zero attached hydrogens (tertiary/aromatic N) is 2. The average molecular weight is 232 g/mol. The van der Waals surface area contributed by atoms with Gasteiger partial charge in [0.25, 0.3) is 0 Å². The van der Waals surface area contributed by atoms with Crippen LogP contribution in [0, 0.1) is 12.7 Å². The maximum absolute atomic E-state index is 13.7. The van der Waals surface area contributed by atoms with E-state index in [2.05, 4.69) is 15.4 Å². The predicted molar refractivity (Wildman–Crippen MR) is 62.3 cm³/mol. The maximum atomic E-state index is 13.7. The fraction of sp³-hybridized carbons (Fsp3) is 0.167. The number of rotatable bonds is 3. The molecule has 0 aromatic carbocycles. The van der Waals surface area contributed by atoms with Gasteiger partial charge < -0.3 is 0 Å². The first-order valence-corrected chi connectivity index (χ1v) is 5.21. The van der Waals surface area contributed by atoms with Gasteiger partial charge in [-0.3, -0.25) is 15.8 Å². The van der Waals surface area contributed by atoms with E-state index in [0.29, 0.717) is 5.56 Å². The zero-order chi connectivity index (χ0) is 12.3. The second-order valence-corrected chi connectivity index (χ2v) is 3.67. The molecule has 2 aromatic rings. The number of hydrogen-bond donors (Lipinski definition) is 2. The van der Waals surface area contributed by atoms with Crippen LogP contribution in [0.15, 0.2) is 36.8 Å². The fourth-order valence-electron chi connectivity index (χ4n) is 1.77. The van der Waals surface area contributed by atoms with E-state index in [1.807, 2.05) is 13.0 Å². The van der Waals surface area contributed by atoms with Gasteiger partial charge in [0.2, 0.25) is 0 Å². The molecule has 2 rings (SSSR count). The van der Waals surface area contributed by atoms with Gasteiger partial charge in [-0.25, -0.2) is 9.82 Å². The molecular weight excluding hydrogens is 219 g/mol. The zero-order valence-corrected chi connectivity index (χ0v) is 9.39. The fourth-order valence-corrected chi connectivity index (χ4v) is 1.77. The van der Waals surface area contributed by atoms with Crippen molar-refractivity contribution in [1.82, 2.24) is 15.4 Å². The van der Waals surface area contributed by atoms with Gasteiger partial charge in [0.15, 0.2) is 0 Å². The quantitative estimate of drug-likeness (QED) is 0.621. The van der Waals surface area contributed by atoms with Gasteiger partial charge in [-0.05, 0) is 24.6 Å². The number of nitrogens with one attached hydrogen (secondary N) is 1. The molecule has 0 amide bonds. The third-order valence-corrected chi connectivity index (χ3v) is 2.64. The molecule has 0 spiro atoms. The summed E-state index contributed by atoms with van der Waals surface area (Å²) in [7, 11) is 0. The van der Waals surface area contributed by atoms with E-state index >= 15 is 0 Å². The molecule has 0 bridgehead atoms. The Morgan fingerprint density at radius 3 is 2.76 bits per heavy atom. The first-order valence-electron chi connectivity index (χ1n) is 5.21. The first-order chi connectivity index (χ1) is 8.24. The molecule has 88 valence electrons. The van der Waals surface area contributed by atoms with E-state index < -0.39 is 11.9 Å². The van der Waals surface area contributed by atoms with Crippen molar-refractivity contribution >= 4 is 0 Å². The summed E-state index contributed by atoms with van der Waals surface area (Å²) in [6.45, 7) is 1.86. The Morgan fingerprint density at radius 2 is 2.12 bits per heavy atom. The third kappa shape index (κ3) is 2.30. The highest BCUT2D eigenvalue weighted by molar-refractivity contribution is 5.33. The summed E-state index contributed by atoms with van der Waals surface area (Å²) in [4.78, 5) is 7.89. The topological polar surface area (TPSA) is 63.8 Å². The normalized spacial score (nSPS) is 12.4. The maximum Gasteiger partial charge on any atom is 0.146 e. The van der Waals surface area contributed by atoms with Crippen LogP contribution in [0.1, 0.15) is 22.9 Å². The Labute approximate surface area is 98.7 Å². The van der Waals surface area contributed by atoms with Crippen molar-refractivity contribution in [2.24, 2.45) is 5.84 Å². The van der Waals surface area contributed by atoms with Crippen molar-refractivity contribution in [1.29, 1.82) is 0 Å². The summed E-state index contributed by atoms with van der Waals surface area (Å²) in [5.74, 6) is 5.12. The highest BCUT2D eigenvalue weighted by Gasteiger charge is 2.18. The van der Waals surface area contributed by atoms with Crippen LogP contribution in [0.25, 0.3) is 0 Å². The lowest BCUT2D eigenvalue weighted by molar-refractivity contribution is 0.553. The Balaban J connectivity index is 2.48. The Hall–Kier alpha value is -1.85. The predicted octanol–water partition coefficient (Wildman–Crippen LogP) is 1.48. The van der Waals surface area contributed by atoms with Crippen LogP contribution in [0.5, 0.6) is 0 Å². The molecule has 0 aliphatic carbocycles. The van der Waals surface area contributed by atoms with Crippen molar-refractivity contribution in [2.45, 2.75) is 13.0 Å². The Kier molecular flexibility index (Phi) is 3.41. The number of halogens is 1. The van der Waals surface area contributed by atoms with Crippen LogP contribution in [0.2, 0.25) is 0 Å². The number of aryl methyl sites for hydroxylation is 1. The largest absolute Gasteiger partial charge is 0.271 e. The molecule has 1 atom stereocenters. The van der Waals surface area contributed by atoms with Gasteiger partial charge in [-0.2, -0.15) is 0 Å². The van der Waals surface area contributed by atoms with Crippen molar-refractivity contribution in [3.05, 3.63) is 59.4 Å². The van der Waals surface area contributed by atoms with Crippen molar-refractivity contribution in [2.75, 3.05) is 0 Å². The van der Waals surface area contributed by atoms with E-state index in [1.54, 1.807) is 18.3 Å². The molecule has 5 heteroatoms. The molecule has 0 saturated heterocycles. The van der Waals surface area contributed by atoms with Gasteiger partial charge in [-0.1, -0.05) is 6.07 Å². The first kappa shape index (κ1) is 11.6. The summed E-state index contributed by atoms with van der Waals surface area (Å²) < 4.78 is 13.7. The summed E-state index contributed by atoms with van der Waals surface area (Å²) >= 11 is 0. The minimum absolute atomic E-state index is 0.390. The molecule has 4 nitrogen and oxygen atoms in total. The number of hydrazine groups is 1. The van der Waals surface area contributed by atoms with Crippen LogP contribution in [-0.2, 0) is 0 Å². The van der Waals surface area contributed by atoms with E-state index in [0.717, 1.165) is 11.3 Å². The van der Waals surface area contributed by atoms with Crippen LogP contribution >= 0.6 is 0 Å². The monoisotopic (exact) mass is 232 g/mol. The standard InChI is InChI=1S/C12H13FN4/c1-8-9(3-2-5-16-8)12(17-14)10-4-6-15-7-11(10)13/h2-7,12,17H,14H2,1H3. The highest BCUT2D eigenvalue weighted by atomic mass is 19.1. The highest BCUT2D eigenvalue weighted by Crippen LogP contribution is 2.24. The van der Waals surface area contributed by atoms with Crippen molar-refractivity contribution < 1.29 is 4.39 Å². The van der Waals surface area contributed by atoms with Crippen molar-refractivity contribution in [3.8, 4) is 0 Å². The lowest BCUT2D eigenvalue weighted by Gasteiger charge is -2.18. The third-order valence-electron chi connectivity index (χ3n) is 2.64. The van der Waals surface area contributed by atoms with Gasteiger partial charge in [0.1, 0.15) is 5.82 Å². The molecular formula is C12H13FN4. The Morgan fingerprint density at radius 1 is 1.29 bits per heavy atom. The van der Waals surface area contributed by atoms with E-state index in [-0.39, 0.29) is 0 Å². The second-order valence-electron chi connectivity index (χ2n) is 3.67. The molecule has 2 heterocycles. The van der Waals surface area contributed by atoms with Gasteiger partial charge >= 0.3 is 0 Å². The summed E-state index contributed by atoms with van der Waals surface area (Å²) in [6, 6.07) is 4.84. The van der Waals surface area contributed by atoms with Crippen LogP contribution in [0.3, 0.4) is 0 Å². The number of aromatic nitrogens is 2. The molecule has 17 heavy (non-hydrogen) atoms. The summed E-state index contributed by atoms with van der Waals surface area (Å²) in [5, 5.41) is 0. The molecule has 1 unspecified atom stereocenters. The van der Waals surface area contributed by atoms with Gasteiger partial charge in [-0.15, -0.1) is 0 Å². The SMILES string of the molecule is Cc1ncccc1C(NN)c1ccncc1F. The summed E-state index contributed by atoms with van der Waals surface area (Å²) in [6.07, 6.45) is 4.40. The van der Waals surface area contributed by atoms with Crippen LogP contribution in [0.4, 0.5) is 4.39 Å². The van der Waals surface area contributed by atoms with E-state index in [9.17, 15) is 4.39 Å². The molecule has 2 aromatic heterocycles. The van der Waals surface area contributed by atoms with Gasteiger partial charge in [0.05, 0.1) is 12.2 Å². The molecule has 0 aliphatic heterocycles. The van der Waals surface area contributed by atoms with E-state index in [4.69, 9.17) is 5.84 Å². The van der Waals surface area contributed by atoms with E-state index in [1.165, 1.54) is 12.4 Å². The second kappa shape index (κ2) is 4.99. The lowest BCUT2D eigenvalue weighted by atomic mass is 9.99. The van der Waals surface area contributed by atoms with Crippen LogP contribution in [-0.4, -0.2) is 9.97 Å². The van der Waals surface area contributed by atoms with Gasteiger partial charge in [0, 0.05) is 23.7 Å². The molecule has 0 saturated carbocycles. The zero-order valence-electron chi connectivity index (χ0n) is 9.39. The molecule has 0 fully saturated rings. The smallest absolute Gasteiger partial charge is 0.146 e. The van der Waals surface area contributed by atoms with Crippen LogP contribution < -0.4 is 11.3 Å². The molecule has 3 N–H and O–H groups in total. The Bertz CT molecular complexity index is 470. The summed E-state index contributed by atoms with van der Waals surface area (Å²) in [5.41, 5.74) is 4.72. The average Bonchev–Trinajstić information content (AvgIpc) is 2.34. The minimum atomic E-state index is -0.424.